The molecule has 11 rings (SSSR count). The minimum absolute atomic E-state index is 0.502. The number of aromatic nitrogens is 2. The van der Waals surface area contributed by atoms with Crippen molar-refractivity contribution in [2.45, 2.75) is 5.41 Å². The lowest BCUT2D eigenvalue weighted by atomic mass is 9.65. The quantitative estimate of drug-likeness (QED) is 0.168. The minimum atomic E-state index is -0.502. The van der Waals surface area contributed by atoms with Crippen molar-refractivity contribution >= 4 is 49.3 Å². The molecule has 0 radical (unpaired) electrons. The van der Waals surface area contributed by atoms with Gasteiger partial charge in [0.2, 0.25) is 0 Å². The number of fused-ring (bicyclic) bond motifs is 15. The maximum atomic E-state index is 7.78. The van der Waals surface area contributed by atoms with Gasteiger partial charge in [-0.15, -0.1) is 0 Å². The molecule has 1 aliphatic heterocycles. The van der Waals surface area contributed by atoms with E-state index in [1.54, 1.807) is 0 Å². The van der Waals surface area contributed by atoms with Crippen LogP contribution in [0.2, 0.25) is 0 Å². The van der Waals surface area contributed by atoms with E-state index in [9.17, 15) is 0 Å². The fourth-order valence-electron chi connectivity index (χ4n) is 8.99. The van der Waals surface area contributed by atoms with Gasteiger partial charge in [0, 0.05) is 27.2 Å². The van der Waals surface area contributed by atoms with Crippen LogP contribution >= 0.6 is 0 Å². The predicted molar refractivity (Wildman–Crippen MR) is 192 cm³/mol. The van der Waals surface area contributed by atoms with Crippen molar-refractivity contribution in [1.29, 1.82) is 0 Å². The van der Waals surface area contributed by atoms with E-state index in [2.05, 4.69) is 160 Å². The average Bonchev–Trinajstić information content (AvgIpc) is 3.74. The smallest absolute Gasteiger partial charge is 0.187 e. The molecule has 1 aliphatic carbocycles. The van der Waals surface area contributed by atoms with Gasteiger partial charge in [-0.1, -0.05) is 109 Å². The SMILES string of the molecule is [C-]#[N+]c1ccc2c(c1)-c1ccccc1C21c2ccccc2-n2c3cc4c5ccccc5n(-c5ccccc5)c4cc3c3cccc1c32. The second kappa shape index (κ2) is 8.66. The highest BCUT2D eigenvalue weighted by molar-refractivity contribution is 6.20. The third-order valence-corrected chi connectivity index (χ3v) is 10.7. The molecule has 1 spiro atoms. The largest absolute Gasteiger partial charge is 0.309 e. The molecular weight excluding hydrogens is 571 g/mol. The molecule has 3 heteroatoms. The first kappa shape index (κ1) is 24.9. The summed E-state index contributed by atoms with van der Waals surface area (Å²) in [6.07, 6.45) is 0. The van der Waals surface area contributed by atoms with E-state index in [4.69, 9.17) is 6.57 Å². The molecule has 0 saturated carbocycles. The van der Waals surface area contributed by atoms with E-state index < -0.39 is 5.41 Å². The average molecular weight is 596 g/mol. The first-order chi connectivity index (χ1) is 23.3. The summed E-state index contributed by atoms with van der Waals surface area (Å²) in [5.74, 6) is 0. The molecule has 216 valence electrons. The maximum Gasteiger partial charge on any atom is 0.187 e. The lowest BCUT2D eigenvalue weighted by Gasteiger charge is -2.39. The third-order valence-electron chi connectivity index (χ3n) is 10.7. The summed E-state index contributed by atoms with van der Waals surface area (Å²) in [4.78, 5) is 3.82. The van der Waals surface area contributed by atoms with Crippen molar-refractivity contribution in [3.8, 4) is 22.5 Å². The van der Waals surface area contributed by atoms with Gasteiger partial charge in [0.25, 0.3) is 0 Å². The van der Waals surface area contributed by atoms with E-state index in [1.807, 2.05) is 6.07 Å². The van der Waals surface area contributed by atoms with Crippen LogP contribution in [-0.2, 0) is 5.41 Å². The van der Waals surface area contributed by atoms with Crippen LogP contribution in [0, 0.1) is 6.57 Å². The summed E-state index contributed by atoms with van der Waals surface area (Å²) in [7, 11) is 0. The first-order valence-corrected chi connectivity index (χ1v) is 16.1. The van der Waals surface area contributed by atoms with Crippen LogP contribution in [-0.4, -0.2) is 9.13 Å². The summed E-state index contributed by atoms with van der Waals surface area (Å²) >= 11 is 0. The van der Waals surface area contributed by atoms with E-state index in [0.717, 1.165) is 11.3 Å². The Labute approximate surface area is 271 Å². The van der Waals surface area contributed by atoms with Gasteiger partial charge in [0.15, 0.2) is 5.69 Å². The van der Waals surface area contributed by atoms with Crippen molar-refractivity contribution in [2.24, 2.45) is 0 Å². The fourth-order valence-corrected chi connectivity index (χ4v) is 8.99. The molecule has 7 aromatic carbocycles. The summed E-state index contributed by atoms with van der Waals surface area (Å²) in [5, 5.41) is 5.00. The van der Waals surface area contributed by atoms with Crippen LogP contribution in [0.25, 0.3) is 71.0 Å². The molecule has 1 atom stereocenters. The molecule has 2 aromatic heterocycles. The van der Waals surface area contributed by atoms with Gasteiger partial charge in [0.05, 0.1) is 39.7 Å². The minimum Gasteiger partial charge on any atom is -0.309 e. The van der Waals surface area contributed by atoms with Crippen LogP contribution in [0.5, 0.6) is 0 Å². The Morgan fingerprint density at radius 2 is 1.11 bits per heavy atom. The monoisotopic (exact) mass is 595 g/mol. The Balaban J connectivity index is 1.34. The standard InChI is InChI=1S/C44H25N3/c1-45-27-22-23-36-32(24-27)29-14-5-7-17-35(29)44(36)37-18-8-10-21-40(37)47-42-25-33-30-15-6-9-20-39(30)46(28-12-3-2-4-13-28)41(33)26-34(42)31-16-11-19-38(44)43(31)47/h2-26H. The van der Waals surface area contributed by atoms with Gasteiger partial charge in [-0.2, -0.15) is 0 Å². The van der Waals surface area contributed by atoms with Crippen molar-refractivity contribution in [3.05, 3.63) is 185 Å². The Bertz CT molecular complexity index is 2860. The zero-order chi connectivity index (χ0) is 30.9. The molecule has 1 unspecified atom stereocenters. The second-order valence-electron chi connectivity index (χ2n) is 12.8. The van der Waals surface area contributed by atoms with Crippen molar-refractivity contribution < 1.29 is 0 Å². The zero-order valence-corrected chi connectivity index (χ0v) is 25.3. The third kappa shape index (κ3) is 2.88. The predicted octanol–water partition coefficient (Wildman–Crippen LogP) is 11.1. The lowest BCUT2D eigenvalue weighted by molar-refractivity contribution is 0.748. The van der Waals surface area contributed by atoms with Crippen LogP contribution < -0.4 is 0 Å². The molecule has 0 amide bonds. The molecule has 47 heavy (non-hydrogen) atoms. The summed E-state index contributed by atoms with van der Waals surface area (Å²) < 4.78 is 4.92. The number of benzene rings is 7. The highest BCUT2D eigenvalue weighted by Crippen LogP contribution is 2.61. The topological polar surface area (TPSA) is 14.2 Å². The highest BCUT2D eigenvalue weighted by Gasteiger charge is 2.50. The number of rotatable bonds is 1. The fraction of sp³-hybridized carbons (Fsp3) is 0.0227. The Morgan fingerprint density at radius 1 is 0.447 bits per heavy atom. The van der Waals surface area contributed by atoms with Gasteiger partial charge < -0.3 is 9.13 Å². The van der Waals surface area contributed by atoms with Crippen LogP contribution in [0.15, 0.2) is 152 Å². The Morgan fingerprint density at radius 3 is 1.98 bits per heavy atom. The second-order valence-corrected chi connectivity index (χ2v) is 12.8. The summed E-state index contributed by atoms with van der Waals surface area (Å²) in [6.45, 7) is 7.78. The number of para-hydroxylation sites is 4. The first-order valence-electron chi connectivity index (χ1n) is 16.1. The highest BCUT2D eigenvalue weighted by atomic mass is 15.0. The molecular formula is C44H25N3. The summed E-state index contributed by atoms with van der Waals surface area (Å²) in [5.41, 5.74) is 14.9. The van der Waals surface area contributed by atoms with Crippen LogP contribution in [0.3, 0.4) is 0 Å². The normalized spacial score (nSPS) is 15.7. The van der Waals surface area contributed by atoms with E-state index in [-0.39, 0.29) is 0 Å². The van der Waals surface area contributed by atoms with Gasteiger partial charge in [-0.3, -0.25) is 0 Å². The molecule has 3 heterocycles. The molecule has 0 saturated heterocycles. The Kier molecular flexibility index (Phi) is 4.59. The molecule has 2 aliphatic rings. The van der Waals surface area contributed by atoms with Crippen molar-refractivity contribution in [3.63, 3.8) is 0 Å². The van der Waals surface area contributed by atoms with Crippen LogP contribution in [0.1, 0.15) is 22.3 Å². The van der Waals surface area contributed by atoms with E-state index >= 15 is 0 Å². The maximum absolute atomic E-state index is 7.78. The molecule has 0 fully saturated rings. The van der Waals surface area contributed by atoms with E-state index in [0.29, 0.717) is 5.69 Å². The van der Waals surface area contributed by atoms with Crippen molar-refractivity contribution in [2.75, 3.05) is 0 Å². The van der Waals surface area contributed by atoms with Gasteiger partial charge >= 0.3 is 0 Å². The number of nitrogens with zero attached hydrogens (tertiary/aromatic N) is 3. The molecule has 9 aromatic rings. The Hall–Kier alpha value is -6.37. The number of hydrogen-bond donors (Lipinski definition) is 0. The van der Waals surface area contributed by atoms with Crippen LogP contribution in [0.4, 0.5) is 5.69 Å². The zero-order valence-electron chi connectivity index (χ0n) is 25.3. The lowest BCUT2D eigenvalue weighted by Crippen LogP contribution is -2.33. The van der Waals surface area contributed by atoms with Gasteiger partial charge in [-0.05, 0) is 75.8 Å². The molecule has 0 bridgehead atoms. The van der Waals surface area contributed by atoms with Gasteiger partial charge in [0.1, 0.15) is 0 Å². The van der Waals surface area contributed by atoms with Crippen molar-refractivity contribution in [1.82, 2.24) is 9.13 Å². The molecule has 0 N–H and O–H groups in total. The van der Waals surface area contributed by atoms with E-state index in [1.165, 1.54) is 77.1 Å². The van der Waals surface area contributed by atoms with Gasteiger partial charge in [-0.25, -0.2) is 4.85 Å². The molecule has 3 nitrogen and oxygen atoms in total. The number of hydrogen-bond acceptors (Lipinski definition) is 0. The summed E-state index contributed by atoms with van der Waals surface area (Å²) in [6, 6.07) is 55.2.